The molecule has 6 rings (SSSR count). The van der Waals surface area contributed by atoms with E-state index in [0.29, 0.717) is 39.4 Å². The Morgan fingerprint density at radius 1 is 0.909 bits per heavy atom. The van der Waals surface area contributed by atoms with Gasteiger partial charge in [-0.15, -0.1) is 0 Å². The van der Waals surface area contributed by atoms with E-state index in [9.17, 15) is 22.8 Å². The summed E-state index contributed by atoms with van der Waals surface area (Å²) in [5, 5.41) is 3.10. The summed E-state index contributed by atoms with van der Waals surface area (Å²) in [6.07, 6.45) is -2.03. The van der Waals surface area contributed by atoms with Gasteiger partial charge in [0.1, 0.15) is 16.9 Å². The fraction of sp³-hybridized carbons (Fsp3) is 0.226. The lowest BCUT2D eigenvalue weighted by Gasteiger charge is -2.17. The molecule has 0 atom stereocenters. The Bertz CT molecular complexity index is 2110. The number of ether oxygens (including phenoxy) is 1. The van der Waals surface area contributed by atoms with Gasteiger partial charge in [-0.05, 0) is 43.0 Å². The molecule has 0 fully saturated rings. The number of alkyl halides is 3. The summed E-state index contributed by atoms with van der Waals surface area (Å²) in [6, 6.07) is 13.0. The Balaban J connectivity index is 1.49. The summed E-state index contributed by atoms with van der Waals surface area (Å²) < 4.78 is 48.8. The van der Waals surface area contributed by atoms with Crippen molar-refractivity contribution in [2.75, 3.05) is 12.4 Å². The summed E-state index contributed by atoms with van der Waals surface area (Å²) in [4.78, 5) is 34.0. The number of anilines is 2. The fourth-order valence-corrected chi connectivity index (χ4v) is 6.18. The molecule has 3 aromatic heterocycles. The van der Waals surface area contributed by atoms with Gasteiger partial charge < -0.3 is 10.1 Å². The van der Waals surface area contributed by atoms with Gasteiger partial charge in [0.25, 0.3) is 5.56 Å². The minimum atomic E-state index is -4.85. The van der Waals surface area contributed by atoms with Crippen molar-refractivity contribution in [2.24, 2.45) is 14.1 Å². The van der Waals surface area contributed by atoms with Crippen LogP contribution in [0.4, 0.5) is 24.7 Å². The average molecular weight is 642 g/mol. The number of hydrogen-bond acceptors (Lipinski definition) is 6. The maximum atomic E-state index is 13.8. The molecule has 44 heavy (non-hydrogen) atoms. The van der Waals surface area contributed by atoms with Crippen molar-refractivity contribution in [3.05, 3.63) is 96.2 Å². The first-order valence-electron chi connectivity index (χ1n) is 13.5. The number of pyridine rings is 2. The van der Waals surface area contributed by atoms with Gasteiger partial charge >= 0.3 is 11.9 Å². The van der Waals surface area contributed by atoms with Crippen molar-refractivity contribution in [3.8, 4) is 28.3 Å². The van der Waals surface area contributed by atoms with E-state index in [4.69, 9.17) is 32.9 Å². The van der Waals surface area contributed by atoms with E-state index in [1.54, 1.807) is 31.4 Å². The van der Waals surface area contributed by atoms with E-state index in [2.05, 4.69) is 10.3 Å². The maximum absolute atomic E-state index is 13.8. The van der Waals surface area contributed by atoms with Gasteiger partial charge in [-0.3, -0.25) is 13.9 Å². The molecule has 1 aliphatic carbocycles. The fourth-order valence-electron chi connectivity index (χ4n) is 5.58. The van der Waals surface area contributed by atoms with Crippen LogP contribution < -0.4 is 21.3 Å². The number of aryl methyl sites for hydroxylation is 2. The molecular formula is C31H24Cl2F3N5O3. The Kier molecular flexibility index (Phi) is 7.41. The van der Waals surface area contributed by atoms with Crippen molar-refractivity contribution in [2.45, 2.75) is 25.4 Å². The van der Waals surface area contributed by atoms with E-state index in [1.807, 2.05) is 12.1 Å². The van der Waals surface area contributed by atoms with Crippen molar-refractivity contribution in [1.29, 1.82) is 0 Å². The van der Waals surface area contributed by atoms with E-state index in [-0.39, 0.29) is 21.6 Å². The van der Waals surface area contributed by atoms with Crippen molar-refractivity contribution < 1.29 is 17.9 Å². The zero-order chi connectivity index (χ0) is 31.5. The number of halogens is 5. The molecule has 0 bridgehead atoms. The first-order valence-corrected chi connectivity index (χ1v) is 14.3. The van der Waals surface area contributed by atoms with Crippen LogP contribution in [0, 0.1) is 0 Å². The molecular weight excluding hydrogens is 618 g/mol. The minimum absolute atomic E-state index is 0.125. The highest BCUT2D eigenvalue weighted by atomic mass is 35.5. The Labute approximate surface area is 258 Å². The van der Waals surface area contributed by atoms with Gasteiger partial charge in [0, 0.05) is 36.3 Å². The lowest BCUT2D eigenvalue weighted by Crippen LogP contribution is -2.37. The molecule has 13 heteroatoms. The summed E-state index contributed by atoms with van der Waals surface area (Å²) in [6.45, 7) is 0. The van der Waals surface area contributed by atoms with Gasteiger partial charge in [-0.25, -0.2) is 14.8 Å². The third-order valence-electron chi connectivity index (χ3n) is 7.80. The van der Waals surface area contributed by atoms with Crippen LogP contribution in [-0.2, 0) is 33.1 Å². The molecule has 0 saturated carbocycles. The highest BCUT2D eigenvalue weighted by molar-refractivity contribution is 6.39. The van der Waals surface area contributed by atoms with Gasteiger partial charge in [0.05, 0.1) is 34.1 Å². The number of methoxy groups -OCH3 is 1. The van der Waals surface area contributed by atoms with Crippen LogP contribution in [0.2, 0.25) is 10.0 Å². The second-order valence-electron chi connectivity index (χ2n) is 10.4. The molecule has 0 aliphatic heterocycles. The molecule has 1 N–H and O–H groups in total. The van der Waals surface area contributed by atoms with E-state index in [1.165, 1.54) is 20.2 Å². The third kappa shape index (κ3) is 4.89. The summed E-state index contributed by atoms with van der Waals surface area (Å²) in [5.41, 5.74) is 1.64. The monoisotopic (exact) mass is 641 g/mol. The Morgan fingerprint density at radius 3 is 2.30 bits per heavy atom. The summed E-state index contributed by atoms with van der Waals surface area (Å²) in [5.74, 6) is 0.157. The van der Waals surface area contributed by atoms with E-state index < -0.39 is 28.9 Å². The van der Waals surface area contributed by atoms with Gasteiger partial charge in [0.2, 0.25) is 5.88 Å². The predicted molar refractivity (Wildman–Crippen MR) is 164 cm³/mol. The SMILES string of the molecule is COc1nc(-c2cccc(-c3cccc(Nc4nc(C(F)(F)F)cc5c4c(=O)n(C)c(=O)n5C)c3Cl)c2Cl)cc2c1CCC2. The lowest BCUT2D eigenvalue weighted by molar-refractivity contribution is -0.141. The van der Waals surface area contributed by atoms with E-state index in [0.717, 1.165) is 39.5 Å². The molecule has 5 aromatic rings. The molecule has 0 saturated heterocycles. The Morgan fingerprint density at radius 2 is 1.59 bits per heavy atom. The first kappa shape index (κ1) is 29.7. The molecule has 8 nitrogen and oxygen atoms in total. The van der Waals surface area contributed by atoms with E-state index >= 15 is 0 Å². The predicted octanol–water partition coefficient (Wildman–Crippen LogP) is 6.93. The maximum Gasteiger partial charge on any atom is 0.433 e. The largest absolute Gasteiger partial charge is 0.481 e. The quantitative estimate of drug-likeness (QED) is 0.224. The lowest BCUT2D eigenvalue weighted by atomic mass is 9.99. The molecule has 0 amide bonds. The second-order valence-corrected chi connectivity index (χ2v) is 11.2. The number of benzene rings is 2. The summed E-state index contributed by atoms with van der Waals surface area (Å²) in [7, 11) is 4.10. The third-order valence-corrected chi connectivity index (χ3v) is 8.62. The summed E-state index contributed by atoms with van der Waals surface area (Å²) >= 11 is 13.8. The van der Waals surface area contributed by atoms with Crippen molar-refractivity contribution in [1.82, 2.24) is 19.1 Å². The molecule has 3 heterocycles. The van der Waals surface area contributed by atoms with Crippen LogP contribution >= 0.6 is 23.2 Å². The number of nitrogens with zero attached hydrogens (tertiary/aromatic N) is 4. The Hall–Kier alpha value is -4.35. The average Bonchev–Trinajstić information content (AvgIpc) is 3.48. The van der Waals surface area contributed by atoms with Gasteiger partial charge in [0.15, 0.2) is 0 Å². The molecule has 2 aromatic carbocycles. The zero-order valence-corrected chi connectivity index (χ0v) is 25.2. The van der Waals surface area contributed by atoms with Gasteiger partial charge in [-0.2, -0.15) is 13.2 Å². The molecule has 0 spiro atoms. The zero-order valence-electron chi connectivity index (χ0n) is 23.6. The highest BCUT2D eigenvalue weighted by Crippen LogP contribution is 2.43. The second kappa shape index (κ2) is 11.0. The smallest absolute Gasteiger partial charge is 0.433 e. The van der Waals surface area contributed by atoms with Crippen molar-refractivity contribution in [3.63, 3.8) is 0 Å². The van der Waals surface area contributed by atoms with Crippen LogP contribution in [0.3, 0.4) is 0 Å². The topological polar surface area (TPSA) is 91.0 Å². The molecule has 0 radical (unpaired) electrons. The molecule has 0 unspecified atom stereocenters. The van der Waals surface area contributed by atoms with Crippen LogP contribution in [-0.4, -0.2) is 26.2 Å². The number of nitrogens with one attached hydrogen (secondary N) is 1. The highest BCUT2D eigenvalue weighted by Gasteiger charge is 2.34. The first-order chi connectivity index (χ1) is 20.9. The molecule has 226 valence electrons. The number of rotatable bonds is 5. The van der Waals surface area contributed by atoms with Crippen LogP contribution in [0.5, 0.6) is 5.88 Å². The number of aromatic nitrogens is 4. The standard InChI is InChI=1S/C31H24Cl2F3N5O3/c1-40-22-14-23(31(34,35)36)39-27(24(22)29(42)41(2)30(40)43)37-20-12-6-10-18(26(20)33)17-9-5-11-19(25(17)32)21-13-15-7-4-8-16(15)28(38-21)44-3/h5-6,9-14H,4,7-8H2,1-3H3,(H,37,39). The number of fused-ring (bicyclic) bond motifs is 2. The van der Waals surface area contributed by atoms with Crippen LogP contribution in [0.15, 0.2) is 58.1 Å². The molecule has 1 aliphatic rings. The normalized spacial score (nSPS) is 12.9. The minimum Gasteiger partial charge on any atom is -0.481 e. The van der Waals surface area contributed by atoms with Gasteiger partial charge in [-0.1, -0.05) is 53.5 Å². The van der Waals surface area contributed by atoms with Crippen molar-refractivity contribution >= 4 is 45.6 Å². The van der Waals surface area contributed by atoms with Crippen LogP contribution in [0.1, 0.15) is 23.2 Å². The van der Waals surface area contributed by atoms with Crippen LogP contribution in [0.25, 0.3) is 33.3 Å². The number of hydrogen-bond donors (Lipinski definition) is 1.